The number of pyridine rings is 1. The maximum absolute atomic E-state index is 14.2. The van der Waals surface area contributed by atoms with Gasteiger partial charge < -0.3 is 14.4 Å². The molecule has 1 saturated heterocycles. The first-order valence-electron chi connectivity index (χ1n) is 13.2. The van der Waals surface area contributed by atoms with Gasteiger partial charge in [0.1, 0.15) is 11.6 Å². The van der Waals surface area contributed by atoms with Crippen LogP contribution >= 0.6 is 11.3 Å². The molecule has 1 fully saturated rings. The van der Waals surface area contributed by atoms with Crippen molar-refractivity contribution in [3.63, 3.8) is 0 Å². The Hall–Kier alpha value is -4.21. The maximum Gasteiger partial charge on any atom is 0.515 e. The molecule has 9 heteroatoms. The van der Waals surface area contributed by atoms with Crippen LogP contribution in [0.15, 0.2) is 89.0 Å². The summed E-state index contributed by atoms with van der Waals surface area (Å²) in [6.07, 6.45) is -0.0617. The normalized spacial score (nSPS) is 14.1. The van der Waals surface area contributed by atoms with Crippen molar-refractivity contribution in [3.8, 4) is 5.75 Å². The van der Waals surface area contributed by atoms with Crippen LogP contribution in [0.2, 0.25) is 0 Å². The summed E-state index contributed by atoms with van der Waals surface area (Å²) in [5.74, 6) is 0.178. The first-order valence-corrected chi connectivity index (χ1v) is 14.1. The van der Waals surface area contributed by atoms with Crippen LogP contribution in [0.5, 0.6) is 5.75 Å². The zero-order valence-electron chi connectivity index (χ0n) is 21.8. The van der Waals surface area contributed by atoms with E-state index in [1.807, 2.05) is 23.6 Å². The molecular weight excluding hydrogens is 529 g/mol. The second-order valence-electron chi connectivity index (χ2n) is 9.77. The lowest BCUT2D eigenvalue weighted by Crippen LogP contribution is -2.47. The number of benzene rings is 3. The molecule has 0 spiro atoms. The highest BCUT2D eigenvalue weighted by Gasteiger charge is 2.20. The van der Waals surface area contributed by atoms with Crippen LogP contribution < -0.4 is 15.2 Å². The van der Waals surface area contributed by atoms with Gasteiger partial charge in [-0.25, -0.2) is 9.18 Å². The van der Waals surface area contributed by atoms with Gasteiger partial charge in [-0.3, -0.25) is 14.3 Å². The number of aromatic nitrogens is 1. The summed E-state index contributed by atoms with van der Waals surface area (Å²) in [7, 11) is 0. The molecule has 0 N–H and O–H groups in total. The molecule has 0 aliphatic carbocycles. The average Bonchev–Trinajstić information content (AvgIpc) is 3.44. The van der Waals surface area contributed by atoms with Crippen molar-refractivity contribution >= 4 is 44.2 Å². The van der Waals surface area contributed by atoms with E-state index < -0.39 is 6.16 Å². The van der Waals surface area contributed by atoms with Crippen LogP contribution in [0.4, 0.5) is 14.9 Å². The van der Waals surface area contributed by atoms with Crippen LogP contribution in [-0.4, -0.2) is 48.3 Å². The number of anilines is 1. The summed E-state index contributed by atoms with van der Waals surface area (Å²) in [5.41, 5.74) is 2.50. The Morgan fingerprint density at radius 3 is 2.55 bits per heavy atom. The highest BCUT2D eigenvalue weighted by atomic mass is 32.1. The second kappa shape index (κ2) is 11.5. The Bertz CT molecular complexity index is 1710. The number of thiophene rings is 1. The highest BCUT2D eigenvalue weighted by molar-refractivity contribution is 7.17. The van der Waals surface area contributed by atoms with Crippen LogP contribution in [-0.2, 0) is 17.9 Å². The lowest BCUT2D eigenvalue weighted by atomic mass is 10.1. The Morgan fingerprint density at radius 1 is 0.925 bits per heavy atom. The molecule has 1 aliphatic heterocycles. The first kappa shape index (κ1) is 26.0. The third-order valence-electron chi connectivity index (χ3n) is 7.26. The number of carbonyl (C=O) groups is 1. The smallest absolute Gasteiger partial charge is 0.412 e. The fourth-order valence-electron chi connectivity index (χ4n) is 5.13. The number of halogens is 1. The third kappa shape index (κ3) is 5.71. The lowest BCUT2D eigenvalue weighted by molar-refractivity contribution is 0.0720. The molecule has 0 saturated carbocycles. The standard InChI is InChI=1S/C31H28FN3O4S/c32-24-19-28(26-11-17-40-29(26)20-24)34-15-13-33(14-16-34)12-10-22-6-7-23-8-9-30(36)35(27(23)18-22)21-38-31(37)39-25-4-2-1-3-5-25/h1-9,11,17-20H,10,12-16,21H2. The summed E-state index contributed by atoms with van der Waals surface area (Å²) in [6, 6.07) is 23.2. The van der Waals surface area contributed by atoms with Gasteiger partial charge in [0.15, 0.2) is 6.73 Å². The van der Waals surface area contributed by atoms with E-state index >= 15 is 0 Å². The first-order chi connectivity index (χ1) is 19.5. The van der Waals surface area contributed by atoms with E-state index in [1.54, 1.807) is 53.8 Å². The molecule has 6 rings (SSSR count). The molecule has 0 bridgehead atoms. The summed E-state index contributed by atoms with van der Waals surface area (Å²) in [6.45, 7) is 4.07. The van der Waals surface area contributed by atoms with Crippen molar-refractivity contribution in [3.05, 3.63) is 106 Å². The van der Waals surface area contributed by atoms with Gasteiger partial charge in [0.25, 0.3) is 5.56 Å². The lowest BCUT2D eigenvalue weighted by Gasteiger charge is -2.36. The number of piperazine rings is 1. The minimum absolute atomic E-state index is 0.194. The van der Waals surface area contributed by atoms with E-state index in [-0.39, 0.29) is 18.1 Å². The van der Waals surface area contributed by atoms with Crippen molar-refractivity contribution in [1.29, 1.82) is 0 Å². The number of nitrogens with zero attached hydrogens (tertiary/aromatic N) is 3. The molecule has 1 aliphatic rings. The largest absolute Gasteiger partial charge is 0.515 e. The van der Waals surface area contributed by atoms with Gasteiger partial charge in [-0.1, -0.05) is 30.3 Å². The fraction of sp³-hybridized carbons (Fsp3) is 0.226. The quantitative estimate of drug-likeness (QED) is 0.184. The maximum atomic E-state index is 14.2. The Morgan fingerprint density at radius 2 is 1.73 bits per heavy atom. The minimum Gasteiger partial charge on any atom is -0.412 e. The zero-order chi connectivity index (χ0) is 27.5. The highest BCUT2D eigenvalue weighted by Crippen LogP contribution is 2.32. The predicted octanol–water partition coefficient (Wildman–Crippen LogP) is 5.89. The molecule has 3 heterocycles. The van der Waals surface area contributed by atoms with Gasteiger partial charge in [-0.2, -0.15) is 0 Å². The topological polar surface area (TPSA) is 64.0 Å². The van der Waals surface area contributed by atoms with Crippen LogP contribution in [0.3, 0.4) is 0 Å². The van der Waals surface area contributed by atoms with Crippen molar-refractivity contribution in [2.75, 3.05) is 37.6 Å². The summed E-state index contributed by atoms with van der Waals surface area (Å²) >= 11 is 1.56. The molecule has 0 radical (unpaired) electrons. The predicted molar refractivity (Wildman–Crippen MR) is 156 cm³/mol. The number of fused-ring (bicyclic) bond motifs is 2. The number of hydrogen-bond donors (Lipinski definition) is 0. The van der Waals surface area contributed by atoms with E-state index in [9.17, 15) is 14.0 Å². The molecular formula is C31H28FN3O4S. The van der Waals surface area contributed by atoms with Gasteiger partial charge >= 0.3 is 6.16 Å². The van der Waals surface area contributed by atoms with Gasteiger partial charge in [0.2, 0.25) is 0 Å². The monoisotopic (exact) mass is 557 g/mol. The van der Waals surface area contributed by atoms with E-state index in [1.165, 1.54) is 10.6 Å². The molecule has 40 heavy (non-hydrogen) atoms. The number of ether oxygens (including phenoxy) is 2. The van der Waals surface area contributed by atoms with Crippen molar-refractivity contribution in [2.45, 2.75) is 13.2 Å². The number of para-hydroxylation sites is 1. The van der Waals surface area contributed by atoms with E-state index in [2.05, 4.69) is 21.9 Å². The fourth-order valence-corrected chi connectivity index (χ4v) is 5.97. The van der Waals surface area contributed by atoms with Crippen LogP contribution in [0, 0.1) is 5.82 Å². The molecule has 2 aromatic heterocycles. The zero-order valence-corrected chi connectivity index (χ0v) is 22.6. The molecule has 0 unspecified atom stereocenters. The third-order valence-corrected chi connectivity index (χ3v) is 8.12. The van der Waals surface area contributed by atoms with Gasteiger partial charge in [-0.05, 0) is 65.2 Å². The second-order valence-corrected chi connectivity index (χ2v) is 10.7. The molecule has 204 valence electrons. The Kier molecular flexibility index (Phi) is 7.48. The molecule has 0 atom stereocenters. The summed E-state index contributed by atoms with van der Waals surface area (Å²) in [5, 5.41) is 4.00. The van der Waals surface area contributed by atoms with Crippen molar-refractivity contribution in [1.82, 2.24) is 9.47 Å². The molecule has 3 aromatic carbocycles. The van der Waals surface area contributed by atoms with E-state index in [0.717, 1.165) is 65.9 Å². The minimum atomic E-state index is -0.872. The van der Waals surface area contributed by atoms with Crippen molar-refractivity contribution < 1.29 is 18.7 Å². The van der Waals surface area contributed by atoms with Crippen molar-refractivity contribution in [2.24, 2.45) is 0 Å². The summed E-state index contributed by atoms with van der Waals surface area (Å²) in [4.78, 5) is 29.5. The number of rotatable bonds is 7. The number of carbonyl (C=O) groups excluding carboxylic acids is 1. The van der Waals surface area contributed by atoms with Gasteiger partial charge in [-0.15, -0.1) is 11.3 Å². The van der Waals surface area contributed by atoms with E-state index in [0.29, 0.717) is 11.3 Å². The summed E-state index contributed by atoms with van der Waals surface area (Å²) < 4.78 is 27.0. The Labute approximate surface area is 234 Å². The molecule has 5 aromatic rings. The van der Waals surface area contributed by atoms with Crippen LogP contribution in [0.25, 0.3) is 21.0 Å². The van der Waals surface area contributed by atoms with Crippen LogP contribution in [0.1, 0.15) is 5.56 Å². The number of hydrogen-bond acceptors (Lipinski definition) is 7. The molecule has 0 amide bonds. The SMILES string of the molecule is O=C(OCn1c(=O)ccc2ccc(CCN3CCN(c4cc(F)cc5sccc45)CC3)cc21)Oc1ccccc1. The van der Waals surface area contributed by atoms with Gasteiger partial charge in [0.05, 0.1) is 5.52 Å². The average molecular weight is 558 g/mol. The Balaban J connectivity index is 1.09. The van der Waals surface area contributed by atoms with E-state index in [4.69, 9.17) is 9.47 Å². The molecule has 7 nitrogen and oxygen atoms in total. The van der Waals surface area contributed by atoms with Gasteiger partial charge in [0, 0.05) is 54.6 Å².